The molecular weight excluding hydrogens is 248 g/mol. The first kappa shape index (κ1) is 14.4. The maximum atomic E-state index is 5.38. The molecule has 0 amide bonds. The number of hydrogen-bond donors (Lipinski definition) is 1. The molecule has 3 heteroatoms. The summed E-state index contributed by atoms with van der Waals surface area (Å²) in [5, 5.41) is 3.35. The summed E-state index contributed by atoms with van der Waals surface area (Å²) in [5.74, 6) is 1.77. The van der Waals surface area contributed by atoms with Crippen LogP contribution in [0.1, 0.15) is 20.8 Å². The molecule has 1 aromatic heterocycles. The molecule has 2 rings (SSSR count). The summed E-state index contributed by atoms with van der Waals surface area (Å²) < 4.78 is 5.38. The number of rotatable bonds is 4. The van der Waals surface area contributed by atoms with E-state index in [4.69, 9.17) is 4.74 Å². The normalized spacial score (nSPS) is 11.2. The summed E-state index contributed by atoms with van der Waals surface area (Å²) in [6.45, 7) is 7.49. The molecule has 106 valence electrons. The maximum Gasteiger partial charge on any atom is 0.126 e. The number of ether oxygens (including phenoxy) is 1. The second kappa shape index (κ2) is 5.95. The minimum Gasteiger partial charge on any atom is -0.496 e. The lowest BCUT2D eigenvalue weighted by Gasteiger charge is -2.19. The number of hydrogen-bond acceptors (Lipinski definition) is 3. The third-order valence-electron chi connectivity index (χ3n) is 2.98. The standard InChI is InChI=1S/C17H22N2O/c1-17(2,3)12-19-16-10-9-13(11-18-16)14-7-5-6-8-15(14)20-4/h5-11H,12H2,1-4H3,(H,18,19). The van der Waals surface area contributed by atoms with Crippen LogP contribution in [0.2, 0.25) is 0 Å². The zero-order valence-corrected chi connectivity index (χ0v) is 12.6. The van der Waals surface area contributed by atoms with E-state index >= 15 is 0 Å². The van der Waals surface area contributed by atoms with E-state index in [0.29, 0.717) is 0 Å². The van der Waals surface area contributed by atoms with Gasteiger partial charge in [0.2, 0.25) is 0 Å². The van der Waals surface area contributed by atoms with Gasteiger partial charge in [-0.2, -0.15) is 0 Å². The zero-order valence-electron chi connectivity index (χ0n) is 12.6. The van der Waals surface area contributed by atoms with Crippen molar-refractivity contribution in [3.05, 3.63) is 42.6 Å². The van der Waals surface area contributed by atoms with Crippen LogP contribution in [0.25, 0.3) is 11.1 Å². The smallest absolute Gasteiger partial charge is 0.126 e. The van der Waals surface area contributed by atoms with Crippen molar-refractivity contribution < 1.29 is 4.74 Å². The first-order valence-electron chi connectivity index (χ1n) is 6.83. The Hall–Kier alpha value is -2.03. The van der Waals surface area contributed by atoms with Gasteiger partial charge in [-0.3, -0.25) is 0 Å². The molecule has 0 aliphatic carbocycles. The van der Waals surface area contributed by atoms with Gasteiger partial charge in [-0.25, -0.2) is 4.98 Å². The Bertz CT molecular complexity index is 556. The van der Waals surface area contributed by atoms with Crippen LogP contribution in [-0.4, -0.2) is 18.6 Å². The summed E-state index contributed by atoms with van der Waals surface area (Å²) in [5.41, 5.74) is 2.36. The van der Waals surface area contributed by atoms with Crippen LogP contribution in [-0.2, 0) is 0 Å². The lowest BCUT2D eigenvalue weighted by Crippen LogP contribution is -2.19. The predicted octanol–water partition coefficient (Wildman–Crippen LogP) is 4.22. The van der Waals surface area contributed by atoms with Gasteiger partial charge in [0.15, 0.2) is 0 Å². The highest BCUT2D eigenvalue weighted by Crippen LogP contribution is 2.29. The van der Waals surface area contributed by atoms with Crippen molar-refractivity contribution in [2.75, 3.05) is 19.0 Å². The van der Waals surface area contributed by atoms with Gasteiger partial charge in [0.1, 0.15) is 11.6 Å². The third kappa shape index (κ3) is 3.73. The molecule has 2 aromatic rings. The molecule has 0 atom stereocenters. The molecule has 0 bridgehead atoms. The van der Waals surface area contributed by atoms with Crippen LogP contribution in [0, 0.1) is 5.41 Å². The van der Waals surface area contributed by atoms with Crippen molar-refractivity contribution in [1.82, 2.24) is 4.98 Å². The van der Waals surface area contributed by atoms with E-state index in [1.54, 1.807) is 7.11 Å². The molecular formula is C17H22N2O. The number of methoxy groups -OCH3 is 1. The molecule has 0 aliphatic heterocycles. The maximum absolute atomic E-state index is 5.38. The third-order valence-corrected chi connectivity index (χ3v) is 2.98. The minimum atomic E-state index is 0.239. The fraction of sp³-hybridized carbons (Fsp3) is 0.353. The molecule has 1 heterocycles. The lowest BCUT2D eigenvalue weighted by molar-refractivity contribution is 0.416. The average molecular weight is 270 g/mol. The number of aromatic nitrogens is 1. The Balaban J connectivity index is 2.16. The summed E-state index contributed by atoms with van der Waals surface area (Å²) in [6, 6.07) is 12.0. The first-order valence-corrected chi connectivity index (χ1v) is 6.83. The number of para-hydroxylation sites is 1. The van der Waals surface area contributed by atoms with Gasteiger partial charge in [0.05, 0.1) is 7.11 Å². The Morgan fingerprint density at radius 3 is 2.45 bits per heavy atom. The molecule has 1 N–H and O–H groups in total. The SMILES string of the molecule is COc1ccccc1-c1ccc(NCC(C)(C)C)nc1. The molecule has 3 nitrogen and oxygen atoms in total. The van der Waals surface area contributed by atoms with Gasteiger partial charge in [0, 0.05) is 23.9 Å². The number of nitrogens with zero attached hydrogens (tertiary/aromatic N) is 1. The summed E-state index contributed by atoms with van der Waals surface area (Å²) in [6.07, 6.45) is 1.88. The Morgan fingerprint density at radius 2 is 1.85 bits per heavy atom. The number of anilines is 1. The molecule has 0 radical (unpaired) electrons. The van der Waals surface area contributed by atoms with E-state index in [-0.39, 0.29) is 5.41 Å². The van der Waals surface area contributed by atoms with E-state index in [9.17, 15) is 0 Å². The Morgan fingerprint density at radius 1 is 1.10 bits per heavy atom. The molecule has 0 saturated heterocycles. The van der Waals surface area contributed by atoms with Crippen LogP contribution >= 0.6 is 0 Å². The molecule has 0 spiro atoms. The number of nitrogens with one attached hydrogen (secondary N) is 1. The van der Waals surface area contributed by atoms with Gasteiger partial charge >= 0.3 is 0 Å². The van der Waals surface area contributed by atoms with Gasteiger partial charge in [-0.1, -0.05) is 39.0 Å². The molecule has 1 aromatic carbocycles. The highest BCUT2D eigenvalue weighted by Gasteiger charge is 2.10. The van der Waals surface area contributed by atoms with Crippen LogP contribution < -0.4 is 10.1 Å². The van der Waals surface area contributed by atoms with Crippen molar-refractivity contribution in [2.45, 2.75) is 20.8 Å². The van der Waals surface area contributed by atoms with E-state index < -0.39 is 0 Å². The quantitative estimate of drug-likeness (QED) is 0.903. The van der Waals surface area contributed by atoms with Crippen LogP contribution in [0.3, 0.4) is 0 Å². The highest BCUT2D eigenvalue weighted by molar-refractivity contribution is 5.70. The average Bonchev–Trinajstić information content (AvgIpc) is 2.45. The number of pyridine rings is 1. The molecule has 20 heavy (non-hydrogen) atoms. The molecule has 0 unspecified atom stereocenters. The first-order chi connectivity index (χ1) is 9.49. The van der Waals surface area contributed by atoms with Gasteiger partial charge < -0.3 is 10.1 Å². The fourth-order valence-corrected chi connectivity index (χ4v) is 1.90. The summed E-state index contributed by atoms with van der Waals surface area (Å²) in [4.78, 5) is 4.47. The van der Waals surface area contributed by atoms with Crippen molar-refractivity contribution >= 4 is 5.82 Å². The van der Waals surface area contributed by atoms with Crippen LogP contribution in [0.5, 0.6) is 5.75 Å². The van der Waals surface area contributed by atoms with Gasteiger partial charge in [0.25, 0.3) is 0 Å². The summed E-state index contributed by atoms with van der Waals surface area (Å²) in [7, 11) is 1.69. The highest BCUT2D eigenvalue weighted by atomic mass is 16.5. The van der Waals surface area contributed by atoms with E-state index in [2.05, 4.69) is 37.1 Å². The van der Waals surface area contributed by atoms with Crippen molar-refractivity contribution in [3.63, 3.8) is 0 Å². The largest absolute Gasteiger partial charge is 0.496 e. The van der Waals surface area contributed by atoms with Crippen molar-refractivity contribution in [3.8, 4) is 16.9 Å². The van der Waals surface area contributed by atoms with E-state index in [1.165, 1.54) is 0 Å². The van der Waals surface area contributed by atoms with Crippen molar-refractivity contribution in [2.24, 2.45) is 5.41 Å². The molecule has 0 fully saturated rings. The second-order valence-electron chi connectivity index (χ2n) is 6.05. The fourth-order valence-electron chi connectivity index (χ4n) is 1.90. The summed E-state index contributed by atoms with van der Waals surface area (Å²) >= 11 is 0. The zero-order chi connectivity index (χ0) is 14.6. The second-order valence-corrected chi connectivity index (χ2v) is 6.05. The van der Waals surface area contributed by atoms with Crippen LogP contribution in [0.15, 0.2) is 42.6 Å². The van der Waals surface area contributed by atoms with E-state index in [1.807, 2.05) is 36.5 Å². The topological polar surface area (TPSA) is 34.1 Å². The van der Waals surface area contributed by atoms with Gasteiger partial charge in [-0.05, 0) is 23.6 Å². The van der Waals surface area contributed by atoms with Crippen molar-refractivity contribution in [1.29, 1.82) is 0 Å². The lowest BCUT2D eigenvalue weighted by atomic mass is 9.97. The van der Waals surface area contributed by atoms with Gasteiger partial charge in [-0.15, -0.1) is 0 Å². The monoisotopic (exact) mass is 270 g/mol. The number of benzene rings is 1. The minimum absolute atomic E-state index is 0.239. The molecule has 0 aliphatic rings. The van der Waals surface area contributed by atoms with Crippen LogP contribution in [0.4, 0.5) is 5.82 Å². The van der Waals surface area contributed by atoms with E-state index in [0.717, 1.165) is 29.2 Å². The predicted molar refractivity (Wildman–Crippen MR) is 84.2 cm³/mol. The Labute approximate surface area is 121 Å². The Kier molecular flexibility index (Phi) is 4.28. The molecule has 0 saturated carbocycles.